The Morgan fingerprint density at radius 2 is 1.84 bits per heavy atom. The highest BCUT2D eigenvalue weighted by atomic mass is 35.5. The van der Waals surface area contributed by atoms with Crippen molar-refractivity contribution in [3.05, 3.63) is 81.6 Å². The summed E-state index contributed by atoms with van der Waals surface area (Å²) in [4.78, 5) is 18.2. The van der Waals surface area contributed by atoms with Gasteiger partial charge in [0.05, 0.1) is 23.0 Å². The van der Waals surface area contributed by atoms with Crippen molar-refractivity contribution in [2.45, 2.75) is 47.2 Å². The summed E-state index contributed by atoms with van der Waals surface area (Å²) in [7, 11) is 0. The van der Waals surface area contributed by atoms with E-state index in [0.717, 1.165) is 51.9 Å². The number of hydrogen-bond donors (Lipinski definition) is 1. The zero-order valence-corrected chi connectivity index (χ0v) is 19.6. The van der Waals surface area contributed by atoms with E-state index in [0.29, 0.717) is 17.1 Å². The zero-order valence-electron chi connectivity index (χ0n) is 18.9. The van der Waals surface area contributed by atoms with Crippen molar-refractivity contribution in [3.63, 3.8) is 0 Å². The lowest BCUT2D eigenvalue weighted by molar-refractivity contribution is 0.0952. The fraction of sp³-hybridized carbons (Fsp3) is 0.269. The molecule has 32 heavy (non-hydrogen) atoms. The Hall–Kier alpha value is -3.18. The van der Waals surface area contributed by atoms with Gasteiger partial charge >= 0.3 is 0 Å². The molecule has 0 radical (unpaired) electrons. The van der Waals surface area contributed by atoms with Gasteiger partial charge in [0, 0.05) is 40.3 Å². The molecular formula is C26H27ClN4O. The number of carbonyl (C=O) groups is 1. The minimum atomic E-state index is -0.144. The van der Waals surface area contributed by atoms with Crippen molar-refractivity contribution in [2.75, 3.05) is 0 Å². The summed E-state index contributed by atoms with van der Waals surface area (Å²) in [6.07, 6.45) is 2.79. The van der Waals surface area contributed by atoms with Crippen molar-refractivity contribution in [2.24, 2.45) is 0 Å². The topological polar surface area (TPSA) is 59.8 Å². The van der Waals surface area contributed by atoms with Crippen LogP contribution in [0.1, 0.15) is 46.6 Å². The second kappa shape index (κ2) is 9.13. The highest BCUT2D eigenvalue weighted by Gasteiger charge is 2.17. The molecule has 0 bridgehead atoms. The number of amides is 1. The van der Waals surface area contributed by atoms with Gasteiger partial charge in [0.1, 0.15) is 0 Å². The van der Waals surface area contributed by atoms with E-state index in [2.05, 4.69) is 41.6 Å². The summed E-state index contributed by atoms with van der Waals surface area (Å²) >= 11 is 6.38. The summed E-state index contributed by atoms with van der Waals surface area (Å²) in [6.45, 7) is 9.35. The number of carbonyl (C=O) groups excluding carboxylic acids is 1. The third kappa shape index (κ3) is 4.13. The van der Waals surface area contributed by atoms with Crippen LogP contribution in [0.25, 0.3) is 22.2 Å². The van der Waals surface area contributed by atoms with E-state index in [1.165, 1.54) is 5.56 Å². The highest BCUT2D eigenvalue weighted by molar-refractivity contribution is 6.32. The van der Waals surface area contributed by atoms with Crippen LogP contribution in [-0.4, -0.2) is 20.7 Å². The van der Waals surface area contributed by atoms with Crippen molar-refractivity contribution in [1.82, 2.24) is 20.1 Å². The maximum Gasteiger partial charge on any atom is 0.252 e. The lowest BCUT2D eigenvalue weighted by Crippen LogP contribution is -2.23. The highest BCUT2D eigenvalue weighted by Crippen LogP contribution is 2.30. The molecule has 164 valence electrons. The molecule has 1 N–H and O–H groups in total. The molecule has 0 aliphatic carbocycles. The van der Waals surface area contributed by atoms with E-state index in [1.54, 1.807) is 0 Å². The maximum atomic E-state index is 13.3. The molecule has 4 aromatic rings. The SMILES string of the molecule is CCc1ccc(-c2cc(C(=O)NCc3cnn(CC)c3C)c3ccc(Cl)c(C)c3n2)cc1. The fourth-order valence-corrected chi connectivity index (χ4v) is 4.05. The smallest absolute Gasteiger partial charge is 0.252 e. The molecule has 0 unspecified atom stereocenters. The van der Waals surface area contributed by atoms with E-state index in [-0.39, 0.29) is 5.91 Å². The second-order valence-electron chi connectivity index (χ2n) is 7.93. The predicted molar refractivity (Wildman–Crippen MR) is 130 cm³/mol. The summed E-state index contributed by atoms with van der Waals surface area (Å²) < 4.78 is 1.92. The van der Waals surface area contributed by atoms with Gasteiger partial charge in [-0.2, -0.15) is 5.10 Å². The molecule has 0 aliphatic rings. The summed E-state index contributed by atoms with van der Waals surface area (Å²) in [5, 5.41) is 8.86. The molecule has 0 atom stereocenters. The Kier molecular flexibility index (Phi) is 6.28. The monoisotopic (exact) mass is 446 g/mol. The van der Waals surface area contributed by atoms with E-state index in [9.17, 15) is 4.79 Å². The Morgan fingerprint density at radius 3 is 2.50 bits per heavy atom. The third-order valence-corrected chi connectivity index (χ3v) is 6.42. The van der Waals surface area contributed by atoms with Crippen LogP contribution in [0.2, 0.25) is 5.02 Å². The first kappa shape index (κ1) is 22.0. The summed E-state index contributed by atoms with van der Waals surface area (Å²) in [5.41, 5.74) is 7.25. The molecule has 6 heteroatoms. The molecule has 0 saturated heterocycles. The zero-order chi connectivity index (χ0) is 22.8. The van der Waals surface area contributed by atoms with Gasteiger partial charge in [0.25, 0.3) is 5.91 Å². The lowest BCUT2D eigenvalue weighted by atomic mass is 10.0. The Morgan fingerprint density at radius 1 is 1.09 bits per heavy atom. The molecule has 2 heterocycles. The van der Waals surface area contributed by atoms with E-state index in [4.69, 9.17) is 16.6 Å². The predicted octanol–water partition coefficient (Wildman–Crippen LogP) is 5.88. The average molecular weight is 447 g/mol. The number of aryl methyl sites for hydroxylation is 3. The quantitative estimate of drug-likeness (QED) is 0.402. The number of pyridine rings is 1. The van der Waals surface area contributed by atoms with Crippen LogP contribution in [0.4, 0.5) is 0 Å². The fourth-order valence-electron chi connectivity index (χ4n) is 3.90. The van der Waals surface area contributed by atoms with Crippen LogP contribution >= 0.6 is 11.6 Å². The number of aromatic nitrogens is 3. The summed E-state index contributed by atoms with van der Waals surface area (Å²) in [6, 6.07) is 13.9. The lowest BCUT2D eigenvalue weighted by Gasteiger charge is -2.13. The number of hydrogen-bond acceptors (Lipinski definition) is 3. The number of benzene rings is 2. The second-order valence-corrected chi connectivity index (χ2v) is 8.33. The van der Waals surface area contributed by atoms with Crippen LogP contribution in [0.3, 0.4) is 0 Å². The average Bonchev–Trinajstić information content (AvgIpc) is 3.18. The van der Waals surface area contributed by atoms with Crippen molar-refractivity contribution in [3.8, 4) is 11.3 Å². The minimum absolute atomic E-state index is 0.144. The van der Waals surface area contributed by atoms with Crippen LogP contribution < -0.4 is 5.32 Å². The first-order valence-corrected chi connectivity index (χ1v) is 11.3. The number of nitrogens with zero attached hydrogens (tertiary/aromatic N) is 3. The third-order valence-electron chi connectivity index (χ3n) is 6.01. The standard InChI is InChI=1S/C26H27ClN4O/c1-5-18-7-9-19(10-8-18)24-13-22(21-11-12-23(27)16(3)25(21)30-24)26(32)28-14-20-15-29-31(6-2)17(20)4/h7-13,15H,5-6,14H2,1-4H3,(H,28,32). The molecule has 0 spiro atoms. The normalized spacial score (nSPS) is 11.2. The molecular weight excluding hydrogens is 420 g/mol. The van der Waals surface area contributed by atoms with Crippen LogP contribution in [0.5, 0.6) is 0 Å². The van der Waals surface area contributed by atoms with Gasteiger partial charge in [-0.15, -0.1) is 0 Å². The molecule has 0 saturated carbocycles. The van der Waals surface area contributed by atoms with Crippen molar-refractivity contribution in [1.29, 1.82) is 0 Å². The molecule has 2 aromatic heterocycles. The minimum Gasteiger partial charge on any atom is -0.348 e. The molecule has 5 nitrogen and oxygen atoms in total. The molecule has 1 amide bonds. The van der Waals surface area contributed by atoms with Gasteiger partial charge in [-0.25, -0.2) is 4.98 Å². The molecule has 0 aliphatic heterocycles. The van der Waals surface area contributed by atoms with Gasteiger partial charge < -0.3 is 5.32 Å². The Labute approximate surface area is 193 Å². The van der Waals surface area contributed by atoms with E-state index in [1.807, 2.05) is 49.8 Å². The van der Waals surface area contributed by atoms with Crippen LogP contribution in [0, 0.1) is 13.8 Å². The largest absolute Gasteiger partial charge is 0.348 e. The van der Waals surface area contributed by atoms with Crippen molar-refractivity contribution >= 4 is 28.4 Å². The van der Waals surface area contributed by atoms with E-state index >= 15 is 0 Å². The van der Waals surface area contributed by atoms with Gasteiger partial charge in [-0.05, 0) is 50.5 Å². The van der Waals surface area contributed by atoms with Gasteiger partial charge in [0.15, 0.2) is 0 Å². The number of nitrogens with one attached hydrogen (secondary N) is 1. The molecule has 4 rings (SSSR count). The molecule has 0 fully saturated rings. The summed E-state index contributed by atoms with van der Waals surface area (Å²) in [5.74, 6) is -0.144. The van der Waals surface area contributed by atoms with Gasteiger partial charge in [-0.3, -0.25) is 9.48 Å². The first-order chi connectivity index (χ1) is 15.4. The van der Waals surface area contributed by atoms with Gasteiger partial charge in [0.2, 0.25) is 0 Å². The number of halogens is 1. The van der Waals surface area contributed by atoms with Crippen molar-refractivity contribution < 1.29 is 4.79 Å². The number of rotatable bonds is 6. The van der Waals surface area contributed by atoms with Crippen LogP contribution in [0.15, 0.2) is 48.7 Å². The first-order valence-electron chi connectivity index (χ1n) is 10.9. The van der Waals surface area contributed by atoms with Gasteiger partial charge in [-0.1, -0.05) is 48.9 Å². The maximum absolute atomic E-state index is 13.3. The number of fused-ring (bicyclic) bond motifs is 1. The molecule has 2 aromatic carbocycles. The Balaban J connectivity index is 1.75. The van der Waals surface area contributed by atoms with E-state index < -0.39 is 0 Å². The van der Waals surface area contributed by atoms with Crippen LogP contribution in [-0.2, 0) is 19.5 Å². The Bertz CT molecular complexity index is 1290.